The lowest BCUT2D eigenvalue weighted by Crippen LogP contribution is -2.51. The van der Waals surface area contributed by atoms with Crippen LogP contribution in [-0.4, -0.2) is 60.5 Å². The predicted molar refractivity (Wildman–Crippen MR) is 150 cm³/mol. The zero-order valence-electron chi connectivity index (χ0n) is 23.3. The van der Waals surface area contributed by atoms with Crippen LogP contribution < -0.4 is 5.32 Å². The maximum Gasteiger partial charge on any atom is 0.248 e. The smallest absolute Gasteiger partial charge is 0.248 e. The Morgan fingerprint density at radius 1 is 1.23 bits per heavy atom. The minimum absolute atomic E-state index is 0.120. The molecule has 208 valence electrons. The number of carbonyl (C=O) groups excluding carboxylic acids is 2. The molecule has 2 aliphatic rings. The molecule has 0 bridgehead atoms. The van der Waals surface area contributed by atoms with E-state index in [1.807, 2.05) is 70.6 Å². The average Bonchev–Trinajstić information content (AvgIpc) is 3.28. The van der Waals surface area contributed by atoms with E-state index in [1.165, 1.54) is 0 Å². The molecule has 0 spiro atoms. The quantitative estimate of drug-likeness (QED) is 0.408. The number of amides is 2. The summed E-state index contributed by atoms with van der Waals surface area (Å²) in [6, 6.07) is 6.46. The van der Waals surface area contributed by atoms with Gasteiger partial charge in [0.1, 0.15) is 12.1 Å². The molecule has 1 aliphatic heterocycles. The first-order valence-corrected chi connectivity index (χ1v) is 14.7. The Morgan fingerprint density at radius 2 is 1.95 bits per heavy atom. The van der Waals surface area contributed by atoms with E-state index >= 15 is 0 Å². The Balaban J connectivity index is 1.32. The third-order valence-corrected chi connectivity index (χ3v) is 9.29. The van der Waals surface area contributed by atoms with Gasteiger partial charge in [0.2, 0.25) is 11.8 Å². The Bertz CT molecular complexity index is 1330. The highest BCUT2D eigenvalue weighted by Crippen LogP contribution is 2.41. The first-order chi connectivity index (χ1) is 18.6. The molecule has 4 atom stereocenters. The fraction of sp³-hybridized carbons (Fsp3) is 0.552. The van der Waals surface area contributed by atoms with Crippen molar-refractivity contribution < 1.29 is 14.7 Å². The molecule has 1 saturated heterocycles. The number of aliphatic hydroxyl groups is 1. The summed E-state index contributed by atoms with van der Waals surface area (Å²) in [6.07, 6.45) is 4.27. The molecule has 1 aromatic carbocycles. The van der Waals surface area contributed by atoms with Gasteiger partial charge in [0, 0.05) is 25.1 Å². The number of aromatic nitrogens is 4. The minimum atomic E-state index is -0.759. The molecule has 3 heterocycles. The van der Waals surface area contributed by atoms with E-state index in [1.54, 1.807) is 20.9 Å². The van der Waals surface area contributed by atoms with Gasteiger partial charge in [-0.1, -0.05) is 50.3 Å². The standard InChI is InChI=1S/C29H38N6O3S/c1-6-29(4,5)26(35-15-23(32-33-35)20-9-10-20)28(38)34-14-22(36)13-24(34)27(37)31-17(2)19-7-11-21(12-8-19)25-18(3)30-16-39-25/h7-8,11-12,15-17,20,22,24,26,36H,6,9-10,13-14H2,1-5H3,(H,31,37)/t17-,22+,24-,26?/m0/s1. The van der Waals surface area contributed by atoms with Crippen LogP contribution in [0.2, 0.25) is 0 Å². The monoisotopic (exact) mass is 550 g/mol. The number of nitrogens with one attached hydrogen (secondary N) is 1. The molecular formula is C29H38N6O3S. The van der Waals surface area contributed by atoms with Crippen molar-refractivity contribution in [2.75, 3.05) is 6.54 Å². The van der Waals surface area contributed by atoms with Crippen molar-refractivity contribution in [3.05, 3.63) is 52.9 Å². The van der Waals surface area contributed by atoms with Crippen LogP contribution in [-0.2, 0) is 9.59 Å². The number of thiazole rings is 1. The number of aliphatic hydroxyl groups excluding tert-OH is 1. The maximum atomic E-state index is 14.1. The molecule has 1 unspecified atom stereocenters. The van der Waals surface area contributed by atoms with Crippen molar-refractivity contribution >= 4 is 23.2 Å². The second kappa shape index (κ2) is 10.8. The topological polar surface area (TPSA) is 113 Å². The van der Waals surface area contributed by atoms with Crippen LogP contribution in [0.4, 0.5) is 0 Å². The van der Waals surface area contributed by atoms with Crippen LogP contribution in [0.1, 0.15) is 88.3 Å². The molecule has 2 amide bonds. The molecule has 10 heteroatoms. The Labute approximate surface area is 233 Å². The second-order valence-electron chi connectivity index (χ2n) is 11.7. The van der Waals surface area contributed by atoms with Gasteiger partial charge in [0.25, 0.3) is 0 Å². The van der Waals surface area contributed by atoms with E-state index in [4.69, 9.17) is 0 Å². The third kappa shape index (κ3) is 5.63. The summed E-state index contributed by atoms with van der Waals surface area (Å²) < 4.78 is 1.67. The average molecular weight is 551 g/mol. The number of hydrogen-bond donors (Lipinski definition) is 2. The lowest BCUT2D eigenvalue weighted by atomic mass is 9.81. The molecule has 5 rings (SSSR count). The molecule has 2 N–H and O–H groups in total. The minimum Gasteiger partial charge on any atom is -0.391 e. The van der Waals surface area contributed by atoms with E-state index in [0.29, 0.717) is 5.92 Å². The molecule has 1 aliphatic carbocycles. The number of carbonyl (C=O) groups is 2. The molecule has 1 saturated carbocycles. The van der Waals surface area contributed by atoms with Gasteiger partial charge >= 0.3 is 0 Å². The van der Waals surface area contributed by atoms with Gasteiger partial charge in [-0.2, -0.15) is 0 Å². The van der Waals surface area contributed by atoms with E-state index in [9.17, 15) is 14.7 Å². The Kier molecular flexibility index (Phi) is 7.61. The Hall–Kier alpha value is -3.11. The van der Waals surface area contributed by atoms with Gasteiger partial charge in [-0.25, -0.2) is 9.67 Å². The molecule has 39 heavy (non-hydrogen) atoms. The fourth-order valence-electron chi connectivity index (χ4n) is 5.34. The Morgan fingerprint density at radius 3 is 2.56 bits per heavy atom. The van der Waals surface area contributed by atoms with Crippen LogP contribution in [0.5, 0.6) is 0 Å². The lowest BCUT2D eigenvalue weighted by molar-refractivity contribution is -0.144. The van der Waals surface area contributed by atoms with Crippen LogP contribution in [0, 0.1) is 12.3 Å². The van der Waals surface area contributed by atoms with Crippen LogP contribution >= 0.6 is 11.3 Å². The van der Waals surface area contributed by atoms with E-state index in [-0.39, 0.29) is 30.8 Å². The molecule has 3 aromatic rings. The SMILES string of the molecule is CCC(C)(C)C(C(=O)N1C[C@H](O)C[C@H]1C(=O)N[C@@H](C)c1ccc(-c2scnc2C)cc1)n1cc(C2CC2)nn1. The van der Waals surface area contributed by atoms with Crippen molar-refractivity contribution in [1.82, 2.24) is 30.2 Å². The number of benzene rings is 1. The summed E-state index contributed by atoms with van der Waals surface area (Å²) >= 11 is 1.60. The number of likely N-dealkylation sites (tertiary alicyclic amines) is 1. The summed E-state index contributed by atoms with van der Waals surface area (Å²) in [7, 11) is 0. The van der Waals surface area contributed by atoms with Crippen molar-refractivity contribution in [3.63, 3.8) is 0 Å². The van der Waals surface area contributed by atoms with E-state index in [2.05, 4.69) is 20.6 Å². The first-order valence-electron chi connectivity index (χ1n) is 13.8. The molecule has 2 fully saturated rings. The summed E-state index contributed by atoms with van der Waals surface area (Å²) in [4.78, 5) is 34.6. The second-order valence-corrected chi connectivity index (χ2v) is 12.5. The normalized spacial score (nSPS) is 21.1. The molecule has 0 radical (unpaired) electrons. The van der Waals surface area contributed by atoms with Crippen molar-refractivity contribution in [2.24, 2.45) is 5.41 Å². The molecule has 2 aromatic heterocycles. The van der Waals surface area contributed by atoms with Crippen molar-refractivity contribution in [3.8, 4) is 10.4 Å². The third-order valence-electron chi connectivity index (χ3n) is 8.32. The summed E-state index contributed by atoms with van der Waals surface area (Å²) in [5.74, 6) is -0.0456. The zero-order valence-corrected chi connectivity index (χ0v) is 24.1. The lowest BCUT2D eigenvalue weighted by Gasteiger charge is -2.36. The summed E-state index contributed by atoms with van der Waals surface area (Å²) in [5, 5.41) is 22.3. The highest BCUT2D eigenvalue weighted by Gasteiger charge is 2.46. The highest BCUT2D eigenvalue weighted by molar-refractivity contribution is 7.13. The van der Waals surface area contributed by atoms with E-state index in [0.717, 1.165) is 46.7 Å². The van der Waals surface area contributed by atoms with Crippen molar-refractivity contribution in [1.29, 1.82) is 0 Å². The van der Waals surface area contributed by atoms with Gasteiger partial charge in [-0.15, -0.1) is 16.4 Å². The van der Waals surface area contributed by atoms with Gasteiger partial charge in [-0.3, -0.25) is 9.59 Å². The maximum absolute atomic E-state index is 14.1. The van der Waals surface area contributed by atoms with Gasteiger partial charge in [-0.05, 0) is 49.7 Å². The highest BCUT2D eigenvalue weighted by atomic mass is 32.1. The number of nitrogens with zero attached hydrogens (tertiary/aromatic N) is 5. The van der Waals surface area contributed by atoms with Gasteiger partial charge in [0.05, 0.1) is 33.9 Å². The van der Waals surface area contributed by atoms with Crippen LogP contribution in [0.25, 0.3) is 10.4 Å². The van der Waals surface area contributed by atoms with Gasteiger partial charge < -0.3 is 15.3 Å². The summed E-state index contributed by atoms with van der Waals surface area (Å²) in [6.45, 7) is 10.2. The number of rotatable bonds is 9. The molecular weight excluding hydrogens is 512 g/mol. The number of β-amino-alcohol motifs (C(OH)–C–C–N with tert-alkyl or cyclic N) is 1. The zero-order chi connectivity index (χ0) is 27.9. The van der Waals surface area contributed by atoms with Gasteiger partial charge in [0.15, 0.2) is 0 Å². The fourth-order valence-corrected chi connectivity index (χ4v) is 6.15. The van der Waals surface area contributed by atoms with Crippen LogP contribution in [0.15, 0.2) is 36.0 Å². The number of hydrogen-bond acceptors (Lipinski definition) is 7. The van der Waals surface area contributed by atoms with Crippen LogP contribution in [0.3, 0.4) is 0 Å². The molecule has 9 nitrogen and oxygen atoms in total. The number of aryl methyl sites for hydroxylation is 1. The predicted octanol–water partition coefficient (Wildman–Crippen LogP) is 4.40. The first kappa shape index (κ1) is 27.5. The largest absolute Gasteiger partial charge is 0.391 e. The van der Waals surface area contributed by atoms with Crippen molar-refractivity contribution in [2.45, 2.75) is 90.4 Å². The van der Waals surface area contributed by atoms with E-state index < -0.39 is 23.6 Å². The summed E-state index contributed by atoms with van der Waals surface area (Å²) in [5.41, 5.74) is 5.39.